The molecule has 2 rings (SSSR count). The fraction of sp³-hybridized carbons (Fsp3) is 0.562. The van der Waals surface area contributed by atoms with E-state index in [1.54, 1.807) is 19.2 Å². The predicted octanol–water partition coefficient (Wildman–Crippen LogP) is 3.52. The zero-order valence-corrected chi connectivity index (χ0v) is 12.5. The highest BCUT2D eigenvalue weighted by molar-refractivity contribution is 5.99. The Hall–Kier alpha value is -1.58. The molecule has 1 heterocycles. The second-order valence-electron chi connectivity index (χ2n) is 6.22. The molecule has 20 heavy (non-hydrogen) atoms. The minimum absolute atomic E-state index is 0.0773. The average molecular weight is 278 g/mol. The first-order valence-electron chi connectivity index (χ1n) is 7.20. The van der Waals surface area contributed by atoms with Crippen molar-refractivity contribution < 1.29 is 9.18 Å². The van der Waals surface area contributed by atoms with Crippen molar-refractivity contribution >= 4 is 11.6 Å². The van der Waals surface area contributed by atoms with E-state index in [1.807, 2.05) is 4.90 Å². The smallest absolute Gasteiger partial charge is 0.256 e. The van der Waals surface area contributed by atoms with Crippen molar-refractivity contribution in [2.24, 2.45) is 5.41 Å². The normalized spacial score (nSPS) is 18.5. The van der Waals surface area contributed by atoms with E-state index in [0.29, 0.717) is 11.3 Å². The summed E-state index contributed by atoms with van der Waals surface area (Å²) >= 11 is 0. The van der Waals surface area contributed by atoms with Crippen molar-refractivity contribution in [1.29, 1.82) is 0 Å². The number of benzene rings is 1. The third kappa shape index (κ3) is 3.11. The van der Waals surface area contributed by atoms with Crippen molar-refractivity contribution in [3.05, 3.63) is 29.6 Å². The summed E-state index contributed by atoms with van der Waals surface area (Å²) in [6.45, 7) is 5.97. The second-order valence-corrected chi connectivity index (χ2v) is 6.22. The molecule has 1 fully saturated rings. The van der Waals surface area contributed by atoms with Crippen LogP contribution in [-0.2, 0) is 0 Å². The standard InChI is InChI=1S/C16H23FN2O/c1-16(2)8-5-10-19(11-9-16)15(20)12-6-4-7-13(17)14(12)18-3/h4,6-7,18H,5,8-11H2,1-3H3. The van der Waals surface area contributed by atoms with Crippen LogP contribution in [0.4, 0.5) is 10.1 Å². The number of nitrogens with zero attached hydrogens (tertiary/aromatic N) is 1. The summed E-state index contributed by atoms with van der Waals surface area (Å²) in [5, 5.41) is 2.79. The van der Waals surface area contributed by atoms with E-state index < -0.39 is 0 Å². The number of nitrogens with one attached hydrogen (secondary N) is 1. The summed E-state index contributed by atoms with van der Waals surface area (Å²) in [5.74, 6) is -0.458. The van der Waals surface area contributed by atoms with Gasteiger partial charge in [0.25, 0.3) is 5.91 Å². The van der Waals surface area contributed by atoms with Gasteiger partial charge >= 0.3 is 0 Å². The molecular formula is C16H23FN2O. The van der Waals surface area contributed by atoms with Gasteiger partial charge in [-0.25, -0.2) is 4.39 Å². The quantitative estimate of drug-likeness (QED) is 0.897. The monoisotopic (exact) mass is 278 g/mol. The molecule has 0 atom stereocenters. The number of carbonyl (C=O) groups is 1. The summed E-state index contributed by atoms with van der Waals surface area (Å²) in [5.41, 5.74) is 0.996. The van der Waals surface area contributed by atoms with Gasteiger partial charge in [0.1, 0.15) is 5.82 Å². The Bertz CT molecular complexity index is 499. The molecule has 0 bridgehead atoms. The third-order valence-electron chi connectivity index (χ3n) is 4.12. The van der Waals surface area contributed by atoms with Crippen LogP contribution in [0.5, 0.6) is 0 Å². The van der Waals surface area contributed by atoms with Gasteiger partial charge < -0.3 is 10.2 Å². The van der Waals surface area contributed by atoms with Gasteiger partial charge in [-0.2, -0.15) is 0 Å². The van der Waals surface area contributed by atoms with Crippen LogP contribution < -0.4 is 5.32 Å². The number of hydrogen-bond donors (Lipinski definition) is 1. The first kappa shape index (κ1) is 14.8. The van der Waals surface area contributed by atoms with Gasteiger partial charge in [-0.3, -0.25) is 4.79 Å². The minimum Gasteiger partial charge on any atom is -0.385 e. The Kier molecular flexibility index (Phi) is 4.31. The summed E-state index contributed by atoms with van der Waals surface area (Å²) in [6.07, 6.45) is 3.12. The van der Waals surface area contributed by atoms with Crippen LogP contribution in [0.3, 0.4) is 0 Å². The third-order valence-corrected chi connectivity index (χ3v) is 4.12. The topological polar surface area (TPSA) is 32.3 Å². The molecule has 1 aromatic rings. The van der Waals surface area contributed by atoms with E-state index >= 15 is 0 Å². The van der Waals surface area contributed by atoms with Crippen LogP contribution in [0.15, 0.2) is 18.2 Å². The molecule has 0 radical (unpaired) electrons. The molecule has 4 heteroatoms. The van der Waals surface area contributed by atoms with Crippen molar-refractivity contribution in [3.8, 4) is 0 Å². The van der Waals surface area contributed by atoms with Crippen molar-refractivity contribution in [3.63, 3.8) is 0 Å². The Morgan fingerprint density at radius 3 is 2.75 bits per heavy atom. The maximum absolute atomic E-state index is 13.7. The summed E-state index contributed by atoms with van der Waals surface area (Å²) in [7, 11) is 1.64. The van der Waals surface area contributed by atoms with Crippen LogP contribution >= 0.6 is 0 Å². The van der Waals surface area contributed by atoms with Crippen LogP contribution in [0.2, 0.25) is 0 Å². The molecule has 0 aliphatic carbocycles. The van der Waals surface area contributed by atoms with Gasteiger partial charge in [0, 0.05) is 20.1 Å². The van der Waals surface area contributed by atoms with Gasteiger partial charge in [0.15, 0.2) is 0 Å². The molecular weight excluding hydrogens is 255 g/mol. The lowest BCUT2D eigenvalue weighted by atomic mass is 9.85. The molecule has 0 aromatic heterocycles. The van der Waals surface area contributed by atoms with Crippen LogP contribution in [0, 0.1) is 11.2 Å². The number of hydrogen-bond acceptors (Lipinski definition) is 2. The molecule has 0 unspecified atom stereocenters. The number of carbonyl (C=O) groups excluding carboxylic acids is 1. The highest BCUT2D eigenvalue weighted by Crippen LogP contribution is 2.31. The second kappa shape index (κ2) is 5.81. The van der Waals surface area contributed by atoms with Crippen molar-refractivity contribution in [1.82, 2.24) is 4.90 Å². The number of amides is 1. The maximum atomic E-state index is 13.7. The van der Waals surface area contributed by atoms with Crippen LogP contribution in [0.1, 0.15) is 43.5 Å². The van der Waals surface area contributed by atoms with Gasteiger partial charge in [-0.1, -0.05) is 19.9 Å². The fourth-order valence-corrected chi connectivity index (χ4v) is 2.75. The minimum atomic E-state index is -0.381. The maximum Gasteiger partial charge on any atom is 0.256 e. The average Bonchev–Trinajstić information content (AvgIpc) is 2.58. The number of halogens is 1. The van der Waals surface area contributed by atoms with Crippen molar-refractivity contribution in [2.75, 3.05) is 25.5 Å². The molecule has 110 valence electrons. The summed E-state index contributed by atoms with van der Waals surface area (Å²) in [6, 6.07) is 4.65. The Balaban J connectivity index is 2.21. The first-order chi connectivity index (χ1) is 9.44. The number of anilines is 1. The molecule has 1 aliphatic rings. The number of likely N-dealkylation sites (tertiary alicyclic amines) is 1. The van der Waals surface area contributed by atoms with E-state index in [0.717, 1.165) is 32.4 Å². The predicted molar refractivity (Wildman–Crippen MR) is 79.5 cm³/mol. The summed E-state index contributed by atoms with van der Waals surface area (Å²) < 4.78 is 13.7. The molecule has 1 saturated heterocycles. The van der Waals surface area contributed by atoms with E-state index in [1.165, 1.54) is 6.07 Å². The lowest BCUT2D eigenvalue weighted by molar-refractivity contribution is 0.0758. The Morgan fingerprint density at radius 2 is 2.05 bits per heavy atom. The van der Waals surface area contributed by atoms with E-state index in [9.17, 15) is 9.18 Å². The zero-order valence-electron chi connectivity index (χ0n) is 12.5. The van der Waals surface area contributed by atoms with Gasteiger partial charge in [-0.15, -0.1) is 0 Å². The zero-order chi connectivity index (χ0) is 14.8. The number of rotatable bonds is 2. The number of para-hydroxylation sites is 1. The molecule has 0 saturated carbocycles. The molecule has 1 aromatic carbocycles. The molecule has 1 amide bonds. The van der Waals surface area contributed by atoms with Gasteiger partial charge in [0.2, 0.25) is 0 Å². The Labute approximate surface area is 120 Å². The molecule has 1 N–H and O–H groups in total. The first-order valence-corrected chi connectivity index (χ1v) is 7.20. The van der Waals surface area contributed by atoms with Gasteiger partial charge in [-0.05, 0) is 36.8 Å². The van der Waals surface area contributed by atoms with Crippen molar-refractivity contribution in [2.45, 2.75) is 33.1 Å². The van der Waals surface area contributed by atoms with E-state index in [2.05, 4.69) is 19.2 Å². The highest BCUT2D eigenvalue weighted by atomic mass is 19.1. The largest absolute Gasteiger partial charge is 0.385 e. The highest BCUT2D eigenvalue weighted by Gasteiger charge is 2.27. The van der Waals surface area contributed by atoms with E-state index in [4.69, 9.17) is 0 Å². The lowest BCUT2D eigenvalue weighted by Crippen LogP contribution is -2.33. The van der Waals surface area contributed by atoms with Gasteiger partial charge in [0.05, 0.1) is 11.3 Å². The molecule has 3 nitrogen and oxygen atoms in total. The molecule has 1 aliphatic heterocycles. The summed E-state index contributed by atoms with van der Waals surface area (Å²) in [4.78, 5) is 14.5. The molecule has 0 spiro atoms. The van der Waals surface area contributed by atoms with Crippen LogP contribution in [-0.4, -0.2) is 30.9 Å². The Morgan fingerprint density at radius 1 is 1.30 bits per heavy atom. The SMILES string of the molecule is CNc1c(F)cccc1C(=O)N1CCCC(C)(C)CC1. The van der Waals surface area contributed by atoms with E-state index in [-0.39, 0.29) is 17.1 Å². The van der Waals surface area contributed by atoms with Crippen LogP contribution in [0.25, 0.3) is 0 Å². The lowest BCUT2D eigenvalue weighted by Gasteiger charge is -2.24. The fourth-order valence-electron chi connectivity index (χ4n) is 2.75.